The molecular formula is C9H8BrClF2N2O4. The molecule has 106 valence electrons. The van der Waals surface area contributed by atoms with E-state index in [0.29, 0.717) is 4.57 Å². The number of ether oxygens (including phenoxy) is 1. The molecule has 1 fully saturated rings. The summed E-state index contributed by atoms with van der Waals surface area (Å²) in [5.74, 6) is -3.69. The molecule has 0 bridgehead atoms. The molecule has 0 unspecified atom stereocenters. The molecule has 0 amide bonds. The highest BCUT2D eigenvalue weighted by Crippen LogP contribution is 2.42. The molecule has 0 aromatic carbocycles. The fourth-order valence-electron chi connectivity index (χ4n) is 1.73. The lowest BCUT2D eigenvalue weighted by Gasteiger charge is -2.21. The predicted molar refractivity (Wildman–Crippen MR) is 65.0 cm³/mol. The van der Waals surface area contributed by atoms with Gasteiger partial charge in [-0.15, -0.1) is 0 Å². The number of rotatable bonds is 2. The normalized spacial score (nSPS) is 29.6. The van der Waals surface area contributed by atoms with Crippen LogP contribution in [0, 0.1) is 0 Å². The second-order valence-electron chi connectivity index (χ2n) is 3.94. The summed E-state index contributed by atoms with van der Waals surface area (Å²) in [5, 5.41) is 8.97. The fraction of sp³-hybridized carbons (Fsp3) is 0.556. The van der Waals surface area contributed by atoms with Gasteiger partial charge in [-0.25, -0.2) is 4.79 Å². The Bertz CT molecular complexity index is 605. The van der Waals surface area contributed by atoms with Crippen LogP contribution in [0.2, 0.25) is 5.02 Å². The fourth-order valence-corrected chi connectivity index (χ4v) is 2.39. The van der Waals surface area contributed by atoms with E-state index in [9.17, 15) is 23.5 Å². The molecule has 0 radical (unpaired) electrons. The van der Waals surface area contributed by atoms with Gasteiger partial charge < -0.3 is 9.84 Å². The molecule has 2 heterocycles. The zero-order valence-electron chi connectivity index (χ0n) is 9.15. The van der Waals surface area contributed by atoms with Gasteiger partial charge in [-0.05, 0) is 0 Å². The zero-order chi connectivity index (χ0) is 14.4. The monoisotopic (exact) mass is 360 g/mol. The number of halogens is 4. The molecule has 6 nitrogen and oxygen atoms in total. The van der Waals surface area contributed by atoms with Crippen LogP contribution in [0.5, 0.6) is 0 Å². The molecule has 1 aromatic rings. The Morgan fingerprint density at radius 3 is 2.74 bits per heavy atom. The first-order chi connectivity index (χ1) is 8.78. The van der Waals surface area contributed by atoms with Crippen molar-refractivity contribution in [2.75, 3.05) is 5.33 Å². The highest BCUT2D eigenvalue weighted by molar-refractivity contribution is 9.09. The Morgan fingerprint density at radius 1 is 1.58 bits per heavy atom. The molecule has 1 aliphatic rings. The molecule has 0 aliphatic carbocycles. The molecule has 10 heteroatoms. The van der Waals surface area contributed by atoms with Crippen molar-refractivity contribution in [3.05, 3.63) is 32.1 Å². The number of nitrogens with zero attached hydrogens (tertiary/aromatic N) is 1. The Labute approximate surface area is 118 Å². The van der Waals surface area contributed by atoms with Gasteiger partial charge in [0.05, 0.1) is 0 Å². The second kappa shape index (κ2) is 4.97. The van der Waals surface area contributed by atoms with Crippen molar-refractivity contribution >= 4 is 27.5 Å². The van der Waals surface area contributed by atoms with Crippen molar-refractivity contribution in [1.82, 2.24) is 9.55 Å². The Morgan fingerprint density at radius 2 is 2.21 bits per heavy atom. The van der Waals surface area contributed by atoms with E-state index in [1.54, 1.807) is 4.98 Å². The minimum absolute atomic E-state index is 0.0356. The van der Waals surface area contributed by atoms with Gasteiger partial charge in [0.25, 0.3) is 5.56 Å². The Balaban J connectivity index is 2.51. The average molecular weight is 362 g/mol. The second-order valence-corrected chi connectivity index (χ2v) is 5.00. The lowest BCUT2D eigenvalue weighted by Crippen LogP contribution is -2.42. The first kappa shape index (κ1) is 14.6. The van der Waals surface area contributed by atoms with Crippen molar-refractivity contribution in [3.8, 4) is 0 Å². The van der Waals surface area contributed by atoms with Crippen LogP contribution in [0.25, 0.3) is 0 Å². The Hall–Kier alpha value is -0.770. The van der Waals surface area contributed by atoms with Crippen LogP contribution in [-0.4, -0.2) is 38.1 Å². The van der Waals surface area contributed by atoms with Crippen LogP contribution in [-0.2, 0) is 4.74 Å². The smallest absolute Gasteiger partial charge is 0.330 e. The number of aromatic nitrogens is 2. The van der Waals surface area contributed by atoms with Gasteiger partial charge in [-0.1, -0.05) is 27.5 Å². The van der Waals surface area contributed by atoms with Crippen LogP contribution < -0.4 is 11.2 Å². The van der Waals surface area contributed by atoms with E-state index < -0.39 is 40.6 Å². The third kappa shape index (κ3) is 2.35. The number of hydrogen-bond acceptors (Lipinski definition) is 4. The largest absolute Gasteiger partial charge is 0.384 e. The van der Waals surface area contributed by atoms with Crippen molar-refractivity contribution < 1.29 is 18.6 Å². The number of alkyl halides is 3. The van der Waals surface area contributed by atoms with E-state index in [1.807, 2.05) is 0 Å². The first-order valence-corrected chi connectivity index (χ1v) is 6.57. The minimum Gasteiger partial charge on any atom is -0.384 e. The summed E-state index contributed by atoms with van der Waals surface area (Å²) < 4.78 is 33.1. The molecular weight excluding hydrogens is 353 g/mol. The maximum atomic E-state index is 13.8. The van der Waals surface area contributed by atoms with E-state index in [-0.39, 0.29) is 5.33 Å². The summed E-state index contributed by atoms with van der Waals surface area (Å²) in [6, 6.07) is 0. The number of H-pyrrole nitrogens is 1. The summed E-state index contributed by atoms with van der Waals surface area (Å²) >= 11 is 8.41. The van der Waals surface area contributed by atoms with Gasteiger partial charge in [0, 0.05) is 11.5 Å². The van der Waals surface area contributed by atoms with Gasteiger partial charge in [0.1, 0.15) is 17.2 Å². The lowest BCUT2D eigenvalue weighted by molar-refractivity contribution is -0.140. The number of nitrogens with one attached hydrogen (secondary N) is 1. The molecule has 1 aliphatic heterocycles. The van der Waals surface area contributed by atoms with Crippen LogP contribution in [0.15, 0.2) is 15.8 Å². The zero-order valence-corrected chi connectivity index (χ0v) is 11.5. The van der Waals surface area contributed by atoms with Crippen LogP contribution in [0.3, 0.4) is 0 Å². The standard InChI is InChI=1S/C9H8BrClF2N2O4/c10-1-4-5(16)9(12,13)7(19-4)15-2-3(11)6(17)14-8(15)18/h2,4-5,7,16H,1H2,(H,14,17,18)/t4-,5-,7-/m1/s1. The molecule has 0 spiro atoms. The van der Waals surface area contributed by atoms with E-state index in [1.165, 1.54) is 0 Å². The molecule has 2 N–H and O–H groups in total. The molecule has 19 heavy (non-hydrogen) atoms. The van der Waals surface area contributed by atoms with Gasteiger partial charge in [-0.2, -0.15) is 8.78 Å². The summed E-state index contributed by atoms with van der Waals surface area (Å²) in [6.07, 6.45) is -4.54. The quantitative estimate of drug-likeness (QED) is 0.751. The van der Waals surface area contributed by atoms with Gasteiger partial charge in [0.15, 0.2) is 0 Å². The third-order valence-electron chi connectivity index (χ3n) is 2.71. The van der Waals surface area contributed by atoms with Crippen molar-refractivity contribution in [1.29, 1.82) is 0 Å². The number of aliphatic hydroxyl groups is 1. The third-order valence-corrected chi connectivity index (χ3v) is 3.62. The van der Waals surface area contributed by atoms with E-state index >= 15 is 0 Å². The van der Waals surface area contributed by atoms with Crippen LogP contribution >= 0.6 is 27.5 Å². The average Bonchev–Trinajstić information content (AvgIpc) is 2.56. The van der Waals surface area contributed by atoms with E-state index in [0.717, 1.165) is 6.20 Å². The maximum absolute atomic E-state index is 13.8. The molecule has 3 atom stereocenters. The topological polar surface area (TPSA) is 84.3 Å². The first-order valence-electron chi connectivity index (χ1n) is 5.07. The lowest BCUT2D eigenvalue weighted by atomic mass is 10.1. The summed E-state index contributed by atoms with van der Waals surface area (Å²) in [6.45, 7) is 0. The van der Waals surface area contributed by atoms with Gasteiger partial charge in [0.2, 0.25) is 6.23 Å². The van der Waals surface area contributed by atoms with E-state index in [2.05, 4.69) is 15.9 Å². The van der Waals surface area contributed by atoms with Crippen LogP contribution in [0.1, 0.15) is 6.23 Å². The number of hydrogen-bond donors (Lipinski definition) is 2. The number of aliphatic hydroxyl groups excluding tert-OH is 1. The molecule has 0 saturated carbocycles. The molecule has 1 saturated heterocycles. The van der Waals surface area contributed by atoms with Crippen molar-refractivity contribution in [2.24, 2.45) is 0 Å². The van der Waals surface area contributed by atoms with Gasteiger partial charge in [-0.3, -0.25) is 14.3 Å². The minimum atomic E-state index is -3.69. The summed E-state index contributed by atoms with van der Waals surface area (Å²) in [7, 11) is 0. The highest BCUT2D eigenvalue weighted by Gasteiger charge is 2.59. The predicted octanol–water partition coefficient (Wildman–Crippen LogP) is 0.478. The number of aromatic amines is 1. The van der Waals surface area contributed by atoms with E-state index in [4.69, 9.17) is 16.3 Å². The van der Waals surface area contributed by atoms with Crippen molar-refractivity contribution in [3.63, 3.8) is 0 Å². The Kier molecular flexibility index (Phi) is 3.83. The summed E-state index contributed by atoms with van der Waals surface area (Å²) in [4.78, 5) is 24.4. The summed E-state index contributed by atoms with van der Waals surface area (Å²) in [5.41, 5.74) is -1.98. The highest BCUT2D eigenvalue weighted by atomic mass is 79.9. The van der Waals surface area contributed by atoms with Crippen LogP contribution in [0.4, 0.5) is 8.78 Å². The van der Waals surface area contributed by atoms with Gasteiger partial charge >= 0.3 is 11.6 Å². The molecule has 1 aromatic heterocycles. The SMILES string of the molecule is O=c1[nH]c(=O)n([C@@H]2O[C@H](CBr)[C@@H](O)C2(F)F)cc1Cl. The molecule has 2 rings (SSSR count). The maximum Gasteiger partial charge on any atom is 0.330 e. The van der Waals surface area contributed by atoms with Crippen molar-refractivity contribution in [2.45, 2.75) is 24.4 Å².